The maximum absolute atomic E-state index is 12.0. The van der Waals surface area contributed by atoms with E-state index in [2.05, 4.69) is 4.74 Å². The molecule has 0 unspecified atom stereocenters. The third-order valence-corrected chi connectivity index (χ3v) is 1.75. The Labute approximate surface area is 114 Å². The van der Waals surface area contributed by atoms with Gasteiger partial charge in [0.05, 0.1) is 6.54 Å². The molecule has 0 rings (SSSR count). The summed E-state index contributed by atoms with van der Waals surface area (Å²) in [4.78, 5) is 30.1. The van der Waals surface area contributed by atoms with Gasteiger partial charge in [-0.1, -0.05) is 0 Å². The normalized spacial score (nSPS) is 12.8. The molecular formula is C8H4F9NO4. The Hall–Kier alpha value is -2.02. The second kappa shape index (κ2) is 6.39. The van der Waals surface area contributed by atoms with E-state index in [-0.39, 0.29) is 0 Å². The lowest BCUT2D eigenvalue weighted by molar-refractivity contribution is -0.208. The largest absolute Gasteiger partial charge is 0.490 e. The number of hydrogen-bond donors (Lipinski definition) is 0. The van der Waals surface area contributed by atoms with Crippen molar-refractivity contribution in [2.75, 3.05) is 13.2 Å². The zero-order valence-electron chi connectivity index (χ0n) is 9.90. The van der Waals surface area contributed by atoms with E-state index in [0.717, 1.165) is 0 Å². The van der Waals surface area contributed by atoms with Crippen LogP contribution < -0.4 is 0 Å². The summed E-state index contributed by atoms with van der Waals surface area (Å²) in [5.41, 5.74) is 0. The van der Waals surface area contributed by atoms with Crippen LogP contribution in [0, 0.1) is 0 Å². The van der Waals surface area contributed by atoms with Gasteiger partial charge >= 0.3 is 36.3 Å². The standard InChI is InChI=1S/C8H4F9NO4/c9-6(10,11)3(19)18(4(20)7(12,13)14)1-2-22-5(21)8(15,16)17/h1-2H2. The number of esters is 1. The van der Waals surface area contributed by atoms with Crippen molar-refractivity contribution in [2.45, 2.75) is 18.5 Å². The highest BCUT2D eigenvalue weighted by molar-refractivity contribution is 6.00. The summed E-state index contributed by atoms with van der Waals surface area (Å²) in [7, 11) is 0. The number of hydrogen-bond acceptors (Lipinski definition) is 4. The highest BCUT2D eigenvalue weighted by atomic mass is 19.4. The first-order valence-electron chi connectivity index (χ1n) is 4.82. The van der Waals surface area contributed by atoms with Crippen molar-refractivity contribution in [2.24, 2.45) is 0 Å². The number of imide groups is 1. The van der Waals surface area contributed by atoms with Crippen LogP contribution in [0.3, 0.4) is 0 Å². The van der Waals surface area contributed by atoms with Gasteiger partial charge in [0.1, 0.15) is 6.61 Å². The van der Waals surface area contributed by atoms with Crippen LogP contribution in [0.1, 0.15) is 0 Å². The Morgan fingerprint density at radius 1 is 0.727 bits per heavy atom. The maximum Gasteiger partial charge on any atom is 0.490 e. The van der Waals surface area contributed by atoms with Gasteiger partial charge in [-0.25, -0.2) is 4.79 Å². The number of nitrogens with zero attached hydrogens (tertiary/aromatic N) is 1. The Morgan fingerprint density at radius 2 is 1.09 bits per heavy atom. The molecule has 0 aromatic rings. The number of ether oxygens (including phenoxy) is 1. The Kier molecular flexibility index (Phi) is 5.81. The number of carbonyl (C=O) groups is 3. The summed E-state index contributed by atoms with van der Waals surface area (Å²) in [6, 6.07) is 0. The molecule has 0 saturated heterocycles. The summed E-state index contributed by atoms with van der Waals surface area (Å²) in [5, 5.41) is 0. The fourth-order valence-electron chi connectivity index (χ4n) is 0.913. The van der Waals surface area contributed by atoms with Crippen LogP contribution in [0.5, 0.6) is 0 Å². The minimum Gasteiger partial charge on any atom is -0.457 e. The van der Waals surface area contributed by atoms with Gasteiger partial charge in [0, 0.05) is 0 Å². The van der Waals surface area contributed by atoms with Gasteiger partial charge in [-0.2, -0.15) is 39.5 Å². The number of amides is 2. The second-order valence-corrected chi connectivity index (χ2v) is 3.39. The van der Waals surface area contributed by atoms with Crippen molar-refractivity contribution in [1.82, 2.24) is 4.90 Å². The Morgan fingerprint density at radius 3 is 1.36 bits per heavy atom. The first-order valence-corrected chi connectivity index (χ1v) is 4.82. The molecule has 5 nitrogen and oxygen atoms in total. The maximum atomic E-state index is 12.0. The van der Waals surface area contributed by atoms with E-state index < -0.39 is 54.4 Å². The highest BCUT2D eigenvalue weighted by Crippen LogP contribution is 2.24. The van der Waals surface area contributed by atoms with Crippen molar-refractivity contribution in [3.8, 4) is 0 Å². The lowest BCUT2D eigenvalue weighted by atomic mass is 10.4. The molecule has 128 valence electrons. The summed E-state index contributed by atoms with van der Waals surface area (Å²) in [6.45, 7) is -3.57. The lowest BCUT2D eigenvalue weighted by Crippen LogP contribution is -2.51. The van der Waals surface area contributed by atoms with E-state index in [0.29, 0.717) is 0 Å². The van der Waals surface area contributed by atoms with Gasteiger partial charge in [-0.3, -0.25) is 14.5 Å². The van der Waals surface area contributed by atoms with Crippen molar-refractivity contribution in [3.05, 3.63) is 0 Å². The highest BCUT2D eigenvalue weighted by Gasteiger charge is 2.52. The predicted molar refractivity (Wildman–Crippen MR) is 45.8 cm³/mol. The zero-order valence-corrected chi connectivity index (χ0v) is 9.90. The fourth-order valence-corrected chi connectivity index (χ4v) is 0.913. The number of halogens is 9. The first-order chi connectivity index (χ1) is 9.58. The van der Waals surface area contributed by atoms with Crippen LogP contribution in [0.25, 0.3) is 0 Å². The summed E-state index contributed by atoms with van der Waals surface area (Å²) in [5.74, 6) is -9.44. The average Bonchev–Trinajstić information content (AvgIpc) is 2.29. The van der Waals surface area contributed by atoms with Crippen molar-refractivity contribution in [3.63, 3.8) is 0 Å². The first kappa shape index (κ1) is 20.0. The third kappa shape index (κ3) is 5.77. The quantitative estimate of drug-likeness (QED) is 0.573. The topological polar surface area (TPSA) is 63.7 Å². The average molecular weight is 349 g/mol. The molecule has 0 saturated carbocycles. The molecule has 0 bridgehead atoms. The van der Waals surface area contributed by atoms with E-state index in [1.54, 1.807) is 0 Å². The van der Waals surface area contributed by atoms with Gasteiger partial charge in [0.15, 0.2) is 0 Å². The Bertz CT molecular complexity index is 424. The molecule has 0 aliphatic rings. The van der Waals surface area contributed by atoms with Gasteiger partial charge in [0.25, 0.3) is 0 Å². The van der Waals surface area contributed by atoms with E-state index in [4.69, 9.17) is 0 Å². The molecule has 0 spiro atoms. The van der Waals surface area contributed by atoms with Crippen molar-refractivity contribution < 1.29 is 58.6 Å². The molecular weight excluding hydrogens is 345 g/mol. The minimum absolute atomic E-state index is 1.41. The molecule has 2 amide bonds. The molecule has 0 aliphatic heterocycles. The summed E-state index contributed by atoms with van der Waals surface area (Å²) in [6.07, 6.45) is -17.3. The smallest absolute Gasteiger partial charge is 0.457 e. The van der Waals surface area contributed by atoms with Gasteiger partial charge in [-0.05, 0) is 0 Å². The van der Waals surface area contributed by atoms with Crippen LogP contribution in [0.2, 0.25) is 0 Å². The van der Waals surface area contributed by atoms with E-state index in [9.17, 15) is 53.9 Å². The molecule has 0 radical (unpaired) electrons. The van der Waals surface area contributed by atoms with Crippen LogP contribution in [-0.4, -0.2) is 54.4 Å². The summed E-state index contributed by atoms with van der Waals surface area (Å²) >= 11 is 0. The Balaban J connectivity index is 5.03. The molecule has 0 aromatic heterocycles. The van der Waals surface area contributed by atoms with Crippen LogP contribution in [0.4, 0.5) is 39.5 Å². The predicted octanol–water partition coefficient (Wildman–Crippen LogP) is 1.57. The van der Waals surface area contributed by atoms with Crippen LogP contribution in [0.15, 0.2) is 0 Å². The number of rotatable bonds is 3. The number of carbonyl (C=O) groups excluding carboxylic acids is 3. The van der Waals surface area contributed by atoms with E-state index in [1.165, 1.54) is 0 Å². The molecule has 0 atom stereocenters. The molecule has 0 N–H and O–H groups in total. The minimum atomic E-state index is -5.89. The third-order valence-electron chi connectivity index (χ3n) is 1.75. The SMILES string of the molecule is O=C(OCCN(C(=O)C(F)(F)F)C(=O)C(F)(F)F)C(F)(F)F. The van der Waals surface area contributed by atoms with Gasteiger partial charge < -0.3 is 4.74 Å². The van der Waals surface area contributed by atoms with Crippen LogP contribution >= 0.6 is 0 Å². The molecule has 0 aliphatic carbocycles. The zero-order chi connectivity index (χ0) is 17.9. The lowest BCUT2D eigenvalue weighted by Gasteiger charge is -2.22. The van der Waals surface area contributed by atoms with Crippen LogP contribution in [-0.2, 0) is 19.1 Å². The molecule has 0 fully saturated rings. The molecule has 14 heteroatoms. The monoisotopic (exact) mass is 349 g/mol. The molecule has 22 heavy (non-hydrogen) atoms. The molecule has 0 heterocycles. The number of alkyl halides is 9. The van der Waals surface area contributed by atoms with Gasteiger partial charge in [-0.15, -0.1) is 0 Å². The second-order valence-electron chi connectivity index (χ2n) is 3.39. The van der Waals surface area contributed by atoms with E-state index in [1.807, 2.05) is 0 Å². The van der Waals surface area contributed by atoms with E-state index >= 15 is 0 Å². The molecule has 0 aromatic carbocycles. The van der Waals surface area contributed by atoms with Crippen molar-refractivity contribution in [1.29, 1.82) is 0 Å². The van der Waals surface area contributed by atoms with Crippen molar-refractivity contribution >= 4 is 17.8 Å². The van der Waals surface area contributed by atoms with Gasteiger partial charge in [0.2, 0.25) is 0 Å². The summed E-state index contributed by atoms with van der Waals surface area (Å²) < 4.78 is 111. The fraction of sp³-hybridized carbons (Fsp3) is 0.625.